The van der Waals surface area contributed by atoms with Crippen LogP contribution in [0.15, 0.2) is 42.9 Å². The molecule has 0 amide bonds. The molecule has 3 rings (SSSR count). The van der Waals surface area contributed by atoms with E-state index in [1.807, 2.05) is 31.6 Å². The van der Waals surface area contributed by atoms with E-state index in [0.29, 0.717) is 0 Å². The maximum atomic E-state index is 6.04. The molecule has 2 aromatic heterocycles. The average molecular weight is 240 g/mol. The minimum atomic E-state index is 0.831. The molecule has 3 aromatic rings. The summed E-state index contributed by atoms with van der Waals surface area (Å²) in [6.45, 7) is 0.891. The highest BCUT2D eigenvalue weighted by atomic mass is 15.0. The lowest BCUT2D eigenvalue weighted by Gasteiger charge is -2.07. The molecule has 0 spiro atoms. The van der Waals surface area contributed by atoms with Gasteiger partial charge in [-0.1, -0.05) is 12.1 Å². The van der Waals surface area contributed by atoms with E-state index in [-0.39, 0.29) is 0 Å². The molecule has 0 radical (unpaired) electrons. The normalized spacial score (nSPS) is 11.2. The molecule has 0 aliphatic heterocycles. The fourth-order valence-corrected chi connectivity index (χ4v) is 2.34. The number of imidazole rings is 1. The number of anilines is 1. The number of hydrogen-bond acceptors (Lipinski definition) is 2. The van der Waals surface area contributed by atoms with Gasteiger partial charge in [0.25, 0.3) is 0 Å². The van der Waals surface area contributed by atoms with E-state index in [4.69, 9.17) is 5.73 Å². The number of para-hydroxylation sites is 1. The van der Waals surface area contributed by atoms with E-state index in [0.717, 1.165) is 30.0 Å². The molecule has 0 atom stereocenters. The molecule has 0 aliphatic rings. The summed E-state index contributed by atoms with van der Waals surface area (Å²) in [7, 11) is 2.02. The molecule has 0 saturated carbocycles. The number of benzene rings is 1. The lowest BCUT2D eigenvalue weighted by atomic mass is 10.2. The lowest BCUT2D eigenvalue weighted by Crippen LogP contribution is -2.05. The van der Waals surface area contributed by atoms with E-state index < -0.39 is 0 Å². The number of nitrogens with zero attached hydrogens (tertiary/aromatic N) is 3. The average Bonchev–Trinajstić information content (AvgIpc) is 2.94. The monoisotopic (exact) mass is 240 g/mol. The van der Waals surface area contributed by atoms with E-state index in [9.17, 15) is 0 Å². The van der Waals surface area contributed by atoms with Gasteiger partial charge in [0, 0.05) is 44.0 Å². The van der Waals surface area contributed by atoms with Gasteiger partial charge in [-0.25, -0.2) is 4.98 Å². The van der Waals surface area contributed by atoms with Crippen LogP contribution in [0.2, 0.25) is 0 Å². The summed E-state index contributed by atoms with van der Waals surface area (Å²) >= 11 is 0. The van der Waals surface area contributed by atoms with Crippen LogP contribution in [0.4, 0.5) is 5.69 Å². The number of nitrogen functional groups attached to an aromatic ring is 1. The van der Waals surface area contributed by atoms with Gasteiger partial charge in [-0.3, -0.25) is 0 Å². The van der Waals surface area contributed by atoms with Gasteiger partial charge < -0.3 is 14.9 Å². The Labute approximate surface area is 106 Å². The second-order valence-corrected chi connectivity index (χ2v) is 4.50. The van der Waals surface area contributed by atoms with Crippen molar-refractivity contribution in [1.82, 2.24) is 14.1 Å². The molecule has 18 heavy (non-hydrogen) atoms. The molecule has 2 heterocycles. The zero-order chi connectivity index (χ0) is 12.5. The molecule has 0 unspecified atom stereocenters. The minimum Gasteiger partial charge on any atom is -0.397 e. The largest absolute Gasteiger partial charge is 0.397 e. The number of hydrogen-bond donors (Lipinski definition) is 1. The maximum Gasteiger partial charge on any atom is 0.110 e. The fourth-order valence-electron chi connectivity index (χ4n) is 2.34. The van der Waals surface area contributed by atoms with Crippen LogP contribution in [0.1, 0.15) is 5.82 Å². The third-order valence-corrected chi connectivity index (χ3v) is 3.32. The van der Waals surface area contributed by atoms with Crippen LogP contribution in [0, 0.1) is 0 Å². The first-order chi connectivity index (χ1) is 8.75. The lowest BCUT2D eigenvalue weighted by molar-refractivity contribution is 0.668. The Morgan fingerprint density at radius 3 is 2.89 bits per heavy atom. The number of fused-ring (bicyclic) bond motifs is 1. The molecular formula is C14H16N4. The molecular weight excluding hydrogens is 224 g/mol. The zero-order valence-electron chi connectivity index (χ0n) is 10.4. The summed E-state index contributed by atoms with van der Waals surface area (Å²) in [6.07, 6.45) is 6.79. The van der Waals surface area contributed by atoms with Crippen molar-refractivity contribution in [1.29, 1.82) is 0 Å². The molecule has 4 heteroatoms. The van der Waals surface area contributed by atoms with Crippen LogP contribution >= 0.6 is 0 Å². The van der Waals surface area contributed by atoms with E-state index in [1.165, 1.54) is 5.39 Å². The first-order valence-corrected chi connectivity index (χ1v) is 6.05. The highest BCUT2D eigenvalue weighted by Gasteiger charge is 2.05. The van der Waals surface area contributed by atoms with Crippen molar-refractivity contribution < 1.29 is 0 Å². The maximum absolute atomic E-state index is 6.04. The van der Waals surface area contributed by atoms with Gasteiger partial charge in [-0.15, -0.1) is 0 Å². The van der Waals surface area contributed by atoms with Crippen molar-refractivity contribution in [2.75, 3.05) is 5.73 Å². The summed E-state index contributed by atoms with van der Waals surface area (Å²) in [4.78, 5) is 4.34. The van der Waals surface area contributed by atoms with Crippen molar-refractivity contribution in [3.05, 3.63) is 48.7 Å². The van der Waals surface area contributed by atoms with Crippen LogP contribution < -0.4 is 5.73 Å². The smallest absolute Gasteiger partial charge is 0.110 e. The van der Waals surface area contributed by atoms with Crippen molar-refractivity contribution >= 4 is 16.6 Å². The van der Waals surface area contributed by atoms with Crippen LogP contribution in [0.5, 0.6) is 0 Å². The number of nitrogens with two attached hydrogens (primary N) is 1. The number of rotatable bonds is 3. The Kier molecular flexibility index (Phi) is 2.55. The van der Waals surface area contributed by atoms with Crippen molar-refractivity contribution in [3.8, 4) is 0 Å². The Bertz CT molecular complexity index is 678. The fraction of sp³-hybridized carbons (Fsp3) is 0.214. The molecule has 92 valence electrons. The van der Waals surface area contributed by atoms with Crippen LogP contribution in [0.3, 0.4) is 0 Å². The summed E-state index contributed by atoms with van der Waals surface area (Å²) in [6, 6.07) is 8.12. The predicted octanol–water partition coefficient (Wildman–Crippen LogP) is 2.20. The van der Waals surface area contributed by atoms with Crippen molar-refractivity contribution in [3.63, 3.8) is 0 Å². The Morgan fingerprint density at radius 2 is 2.11 bits per heavy atom. The third kappa shape index (κ3) is 1.76. The second-order valence-electron chi connectivity index (χ2n) is 4.50. The standard InChI is InChI=1S/C14H16N4/c1-17-10-7-16-13(17)6-9-18-8-5-11-3-2-4-12(15)14(11)18/h2-5,7-8,10H,6,9,15H2,1H3. The van der Waals surface area contributed by atoms with Gasteiger partial charge in [-0.2, -0.15) is 0 Å². The molecule has 1 aromatic carbocycles. The summed E-state index contributed by atoms with van der Waals surface area (Å²) in [5.74, 6) is 1.09. The van der Waals surface area contributed by atoms with Crippen LogP contribution in [-0.4, -0.2) is 14.1 Å². The van der Waals surface area contributed by atoms with Gasteiger partial charge in [0.1, 0.15) is 5.82 Å². The molecule has 0 bridgehead atoms. The quantitative estimate of drug-likeness (QED) is 0.713. The Balaban J connectivity index is 1.89. The van der Waals surface area contributed by atoms with E-state index in [2.05, 4.69) is 32.4 Å². The highest BCUT2D eigenvalue weighted by Crippen LogP contribution is 2.22. The summed E-state index contributed by atoms with van der Waals surface area (Å²) < 4.78 is 4.24. The van der Waals surface area contributed by atoms with Gasteiger partial charge in [-0.05, 0) is 12.1 Å². The molecule has 2 N–H and O–H groups in total. The minimum absolute atomic E-state index is 0.831. The van der Waals surface area contributed by atoms with E-state index >= 15 is 0 Å². The first-order valence-electron chi connectivity index (χ1n) is 6.05. The topological polar surface area (TPSA) is 48.8 Å². The third-order valence-electron chi connectivity index (χ3n) is 3.32. The van der Waals surface area contributed by atoms with Gasteiger partial charge >= 0.3 is 0 Å². The SMILES string of the molecule is Cn1ccnc1CCn1ccc2cccc(N)c21. The Morgan fingerprint density at radius 1 is 1.22 bits per heavy atom. The highest BCUT2D eigenvalue weighted by molar-refractivity contribution is 5.90. The molecule has 0 aliphatic carbocycles. The van der Waals surface area contributed by atoms with Crippen molar-refractivity contribution in [2.45, 2.75) is 13.0 Å². The summed E-state index contributed by atoms with van der Waals surface area (Å²) in [5, 5.41) is 1.19. The molecule has 0 saturated heterocycles. The zero-order valence-corrected chi connectivity index (χ0v) is 10.4. The molecule has 4 nitrogen and oxygen atoms in total. The molecule has 0 fully saturated rings. The number of aromatic nitrogens is 3. The summed E-state index contributed by atoms with van der Waals surface area (Å²) in [5.41, 5.74) is 7.99. The van der Waals surface area contributed by atoms with Crippen LogP contribution in [-0.2, 0) is 20.0 Å². The second kappa shape index (κ2) is 4.22. The van der Waals surface area contributed by atoms with Crippen molar-refractivity contribution in [2.24, 2.45) is 7.05 Å². The van der Waals surface area contributed by atoms with Gasteiger partial charge in [0.15, 0.2) is 0 Å². The first kappa shape index (κ1) is 10.9. The predicted molar refractivity (Wildman–Crippen MR) is 73.3 cm³/mol. The Hall–Kier alpha value is -2.23. The van der Waals surface area contributed by atoms with Gasteiger partial charge in [0.2, 0.25) is 0 Å². The van der Waals surface area contributed by atoms with Gasteiger partial charge in [0.05, 0.1) is 11.2 Å². The number of aryl methyl sites for hydroxylation is 3. The van der Waals surface area contributed by atoms with E-state index in [1.54, 1.807) is 0 Å². The van der Waals surface area contributed by atoms with Crippen LogP contribution in [0.25, 0.3) is 10.9 Å².